The van der Waals surface area contributed by atoms with Crippen molar-refractivity contribution >= 4 is 17.5 Å². The molecule has 0 spiro atoms. The van der Waals surface area contributed by atoms with Crippen molar-refractivity contribution in [2.75, 3.05) is 26.8 Å². The van der Waals surface area contributed by atoms with Crippen LogP contribution in [0.3, 0.4) is 0 Å². The fourth-order valence-electron chi connectivity index (χ4n) is 2.88. The lowest BCUT2D eigenvalue weighted by atomic mass is 9.87. The van der Waals surface area contributed by atoms with Gasteiger partial charge in [-0.3, -0.25) is 14.4 Å². The third kappa shape index (κ3) is 9.37. The zero-order valence-corrected chi connectivity index (χ0v) is 18.9. The maximum Gasteiger partial charge on any atom is 0.226 e. The Morgan fingerprint density at radius 3 is 2.30 bits per heavy atom. The number of Topliss-reactive ketones (excluding diaryl/α,β-unsaturated/α-hetero) is 2. The summed E-state index contributed by atoms with van der Waals surface area (Å²) in [5.41, 5.74) is 0.635. The second-order valence-electron chi connectivity index (χ2n) is 8.13. The van der Waals surface area contributed by atoms with Crippen molar-refractivity contribution in [3.63, 3.8) is 0 Å². The average Bonchev–Trinajstić information content (AvgIpc) is 2.73. The molecule has 0 fully saturated rings. The lowest BCUT2D eigenvalue weighted by Crippen LogP contribution is -2.38. The molecule has 0 aliphatic carbocycles. The first-order valence-electron chi connectivity index (χ1n) is 10.6. The number of likely N-dealkylation sites (N-methyl/N-ethyl adjacent to an activating group) is 1. The van der Waals surface area contributed by atoms with Crippen LogP contribution >= 0.6 is 0 Å². The SMILES string of the molecule is CC(C)C(=O)CCC#CCOCCN(C)C(=O)C(CC(=O)c1ccccc1)C(C)C. The van der Waals surface area contributed by atoms with Gasteiger partial charge in [0.25, 0.3) is 0 Å². The van der Waals surface area contributed by atoms with Crippen molar-refractivity contribution in [2.24, 2.45) is 17.8 Å². The van der Waals surface area contributed by atoms with Gasteiger partial charge >= 0.3 is 0 Å². The first kappa shape index (κ1) is 25.6. The maximum atomic E-state index is 12.8. The number of benzene rings is 1. The van der Waals surface area contributed by atoms with E-state index < -0.39 is 0 Å². The molecule has 1 unspecified atom stereocenters. The molecule has 0 saturated heterocycles. The fourth-order valence-corrected chi connectivity index (χ4v) is 2.88. The average molecular weight is 414 g/mol. The Bertz CT molecular complexity index is 743. The zero-order chi connectivity index (χ0) is 22.5. The third-order valence-corrected chi connectivity index (χ3v) is 5.01. The minimum absolute atomic E-state index is 0.0153. The number of ether oxygens (including phenoxy) is 1. The summed E-state index contributed by atoms with van der Waals surface area (Å²) >= 11 is 0. The summed E-state index contributed by atoms with van der Waals surface area (Å²) < 4.78 is 5.48. The molecule has 5 heteroatoms. The number of carbonyl (C=O) groups is 3. The molecule has 0 aliphatic heterocycles. The Balaban J connectivity index is 2.40. The van der Waals surface area contributed by atoms with Gasteiger partial charge in [0.1, 0.15) is 12.4 Å². The summed E-state index contributed by atoms with van der Waals surface area (Å²) in [6.45, 7) is 8.79. The van der Waals surface area contributed by atoms with Gasteiger partial charge in [-0.15, -0.1) is 5.92 Å². The van der Waals surface area contributed by atoms with Crippen molar-refractivity contribution < 1.29 is 19.1 Å². The van der Waals surface area contributed by atoms with E-state index in [4.69, 9.17) is 4.74 Å². The summed E-state index contributed by atoms with van der Waals surface area (Å²) in [6, 6.07) is 9.08. The molecule has 1 atom stereocenters. The van der Waals surface area contributed by atoms with Crippen LogP contribution in [0, 0.1) is 29.6 Å². The van der Waals surface area contributed by atoms with E-state index >= 15 is 0 Å². The highest BCUT2D eigenvalue weighted by Gasteiger charge is 2.28. The topological polar surface area (TPSA) is 63.7 Å². The van der Waals surface area contributed by atoms with Gasteiger partial charge in [-0.1, -0.05) is 63.9 Å². The number of hydrogen-bond donors (Lipinski definition) is 0. The van der Waals surface area contributed by atoms with Gasteiger partial charge in [-0.25, -0.2) is 0 Å². The molecule has 0 saturated carbocycles. The first-order chi connectivity index (χ1) is 14.2. The second-order valence-corrected chi connectivity index (χ2v) is 8.13. The molecule has 0 bridgehead atoms. The van der Waals surface area contributed by atoms with Crippen molar-refractivity contribution in [2.45, 2.75) is 47.0 Å². The van der Waals surface area contributed by atoms with E-state index in [9.17, 15) is 14.4 Å². The quantitative estimate of drug-likeness (QED) is 0.295. The first-order valence-corrected chi connectivity index (χ1v) is 10.6. The zero-order valence-electron chi connectivity index (χ0n) is 18.9. The summed E-state index contributed by atoms with van der Waals surface area (Å²) in [5, 5.41) is 0. The maximum absolute atomic E-state index is 12.8. The van der Waals surface area contributed by atoms with Gasteiger partial charge in [0.15, 0.2) is 5.78 Å². The normalized spacial score (nSPS) is 11.7. The standard InChI is InChI=1S/C25H35NO4/c1-19(2)22(18-24(28)21-12-8-6-9-13-21)25(29)26(5)15-17-30-16-11-7-10-14-23(27)20(3)4/h6,8-9,12-13,19-20,22H,10,14-18H2,1-5H3. The van der Waals surface area contributed by atoms with Gasteiger partial charge in [0, 0.05) is 50.3 Å². The molecule has 1 amide bonds. The van der Waals surface area contributed by atoms with Gasteiger partial charge in [-0.05, 0) is 5.92 Å². The summed E-state index contributed by atoms with van der Waals surface area (Å²) in [4.78, 5) is 38.5. The molecule has 0 aliphatic rings. The number of ketones is 2. The van der Waals surface area contributed by atoms with Crippen LogP contribution in [0.5, 0.6) is 0 Å². The summed E-state index contributed by atoms with van der Waals surface area (Å²) in [7, 11) is 1.73. The van der Waals surface area contributed by atoms with Crippen LogP contribution in [0.4, 0.5) is 0 Å². The van der Waals surface area contributed by atoms with E-state index in [1.54, 1.807) is 24.1 Å². The molecule has 5 nitrogen and oxygen atoms in total. The van der Waals surface area contributed by atoms with E-state index in [0.717, 1.165) is 0 Å². The van der Waals surface area contributed by atoms with Crippen LogP contribution in [-0.2, 0) is 14.3 Å². The van der Waals surface area contributed by atoms with Crippen LogP contribution in [0.1, 0.15) is 57.3 Å². The van der Waals surface area contributed by atoms with Gasteiger partial charge in [0.2, 0.25) is 5.91 Å². The van der Waals surface area contributed by atoms with E-state index in [1.165, 1.54) is 0 Å². The molecule has 0 radical (unpaired) electrons. The lowest BCUT2D eigenvalue weighted by molar-refractivity contribution is -0.136. The smallest absolute Gasteiger partial charge is 0.226 e. The number of rotatable bonds is 12. The summed E-state index contributed by atoms with van der Waals surface area (Å²) in [6.07, 6.45) is 1.22. The van der Waals surface area contributed by atoms with Crippen molar-refractivity contribution in [3.05, 3.63) is 35.9 Å². The van der Waals surface area contributed by atoms with Crippen molar-refractivity contribution in [1.29, 1.82) is 0 Å². The largest absolute Gasteiger partial charge is 0.367 e. The molecule has 1 aromatic carbocycles. The van der Waals surface area contributed by atoms with Crippen molar-refractivity contribution in [1.82, 2.24) is 4.90 Å². The van der Waals surface area contributed by atoms with Crippen LogP contribution in [0.15, 0.2) is 30.3 Å². The third-order valence-electron chi connectivity index (χ3n) is 5.01. The highest BCUT2D eigenvalue weighted by atomic mass is 16.5. The minimum Gasteiger partial charge on any atom is -0.367 e. The number of carbonyl (C=O) groups excluding carboxylic acids is 3. The second kappa shape index (κ2) is 13.7. The molecule has 164 valence electrons. The molecule has 1 aromatic rings. The molecule has 0 aromatic heterocycles. The number of hydrogen-bond acceptors (Lipinski definition) is 4. The Morgan fingerprint density at radius 2 is 1.70 bits per heavy atom. The predicted molar refractivity (Wildman–Crippen MR) is 119 cm³/mol. The van der Waals surface area contributed by atoms with Gasteiger partial charge < -0.3 is 9.64 Å². The van der Waals surface area contributed by atoms with Crippen LogP contribution in [0.25, 0.3) is 0 Å². The van der Waals surface area contributed by atoms with Crippen LogP contribution in [-0.4, -0.2) is 49.2 Å². The lowest BCUT2D eigenvalue weighted by Gasteiger charge is -2.26. The number of nitrogens with zero attached hydrogens (tertiary/aromatic N) is 1. The monoisotopic (exact) mass is 413 g/mol. The Kier molecular flexibility index (Phi) is 11.7. The Labute approximate surface area is 181 Å². The van der Waals surface area contributed by atoms with E-state index in [-0.39, 0.29) is 48.3 Å². The molecular formula is C25H35NO4. The Morgan fingerprint density at radius 1 is 1.03 bits per heavy atom. The Hall–Kier alpha value is -2.45. The number of amides is 1. The van der Waals surface area contributed by atoms with E-state index in [1.807, 2.05) is 45.9 Å². The van der Waals surface area contributed by atoms with E-state index in [0.29, 0.717) is 31.6 Å². The summed E-state index contributed by atoms with van der Waals surface area (Å²) in [5.74, 6) is 5.74. The van der Waals surface area contributed by atoms with Crippen LogP contribution in [0.2, 0.25) is 0 Å². The molecule has 0 N–H and O–H groups in total. The molecule has 30 heavy (non-hydrogen) atoms. The van der Waals surface area contributed by atoms with Crippen molar-refractivity contribution in [3.8, 4) is 11.8 Å². The highest BCUT2D eigenvalue weighted by molar-refractivity contribution is 5.98. The minimum atomic E-state index is -0.360. The predicted octanol–water partition coefficient (Wildman–Crippen LogP) is 4.02. The molecule has 0 heterocycles. The van der Waals surface area contributed by atoms with E-state index in [2.05, 4.69) is 11.8 Å². The van der Waals surface area contributed by atoms with Crippen LogP contribution < -0.4 is 0 Å². The highest BCUT2D eigenvalue weighted by Crippen LogP contribution is 2.20. The molecule has 1 rings (SSSR count). The van der Waals surface area contributed by atoms with Gasteiger partial charge in [-0.2, -0.15) is 0 Å². The fraction of sp³-hybridized carbons (Fsp3) is 0.560. The van der Waals surface area contributed by atoms with Gasteiger partial charge in [0.05, 0.1) is 6.61 Å². The molecular weight excluding hydrogens is 378 g/mol.